The van der Waals surface area contributed by atoms with Gasteiger partial charge in [-0.15, -0.1) is 0 Å². The molecule has 136 valence electrons. The van der Waals surface area contributed by atoms with Crippen LogP contribution < -0.4 is 10.9 Å². The van der Waals surface area contributed by atoms with E-state index in [1.165, 1.54) is 4.68 Å². The van der Waals surface area contributed by atoms with Crippen LogP contribution in [0.15, 0.2) is 45.9 Å². The highest BCUT2D eigenvalue weighted by Crippen LogP contribution is 2.12. The van der Waals surface area contributed by atoms with Gasteiger partial charge in [0.2, 0.25) is 5.91 Å². The summed E-state index contributed by atoms with van der Waals surface area (Å²) in [5.41, 5.74) is 1.57. The van der Waals surface area contributed by atoms with Gasteiger partial charge in [-0.3, -0.25) is 9.59 Å². The number of carbonyl (C=O) groups is 1. The number of hydrogen-bond acceptors (Lipinski definition) is 5. The van der Waals surface area contributed by atoms with Gasteiger partial charge < -0.3 is 10.4 Å². The van der Waals surface area contributed by atoms with Crippen molar-refractivity contribution in [3.05, 3.63) is 62.7 Å². The summed E-state index contributed by atoms with van der Waals surface area (Å²) < 4.78 is 1.19. The van der Waals surface area contributed by atoms with Crippen molar-refractivity contribution in [3.8, 4) is 0 Å². The van der Waals surface area contributed by atoms with Gasteiger partial charge in [0.1, 0.15) is 6.54 Å². The maximum Gasteiger partial charge on any atom is 0.275 e. The van der Waals surface area contributed by atoms with E-state index >= 15 is 0 Å². The first-order chi connectivity index (χ1) is 12.6. The van der Waals surface area contributed by atoms with Crippen LogP contribution in [0.25, 0.3) is 10.8 Å². The molecule has 6 nitrogen and oxygen atoms in total. The van der Waals surface area contributed by atoms with E-state index in [1.807, 2.05) is 35.9 Å². The van der Waals surface area contributed by atoms with Crippen LogP contribution in [0, 0.1) is 12.8 Å². The molecule has 3 aromatic rings. The molecule has 0 bridgehead atoms. The van der Waals surface area contributed by atoms with Gasteiger partial charge in [0, 0.05) is 24.5 Å². The lowest BCUT2D eigenvalue weighted by Crippen LogP contribution is -2.37. The number of hydrogen-bond donors (Lipinski definition) is 2. The van der Waals surface area contributed by atoms with Gasteiger partial charge in [-0.05, 0) is 41.8 Å². The molecule has 0 unspecified atom stereocenters. The molecule has 2 N–H and O–H groups in total. The van der Waals surface area contributed by atoms with Crippen molar-refractivity contribution >= 4 is 28.0 Å². The third-order valence-electron chi connectivity index (χ3n) is 4.30. The molecule has 0 aliphatic heterocycles. The van der Waals surface area contributed by atoms with E-state index < -0.39 is 0 Å². The number of fused-ring (bicyclic) bond motifs is 1. The van der Waals surface area contributed by atoms with Crippen molar-refractivity contribution in [3.63, 3.8) is 0 Å². The summed E-state index contributed by atoms with van der Waals surface area (Å²) in [7, 11) is 0. The average Bonchev–Trinajstić information content (AvgIpc) is 3.16. The van der Waals surface area contributed by atoms with Crippen LogP contribution in [-0.2, 0) is 17.8 Å². The third kappa shape index (κ3) is 4.17. The zero-order chi connectivity index (χ0) is 18.5. The van der Waals surface area contributed by atoms with Crippen LogP contribution in [0.4, 0.5) is 0 Å². The SMILES string of the molecule is Cc1nn(CC(=O)NC[C@H](CO)Cc2ccsc2)c(=O)c2ccccc12. The maximum absolute atomic E-state index is 12.5. The summed E-state index contributed by atoms with van der Waals surface area (Å²) in [4.78, 5) is 24.7. The molecule has 1 aromatic carbocycles. The lowest BCUT2D eigenvalue weighted by Gasteiger charge is -2.15. The van der Waals surface area contributed by atoms with Crippen molar-refractivity contribution in [2.24, 2.45) is 5.92 Å². The number of aromatic nitrogens is 2. The number of benzene rings is 1. The van der Waals surface area contributed by atoms with Crippen LogP contribution in [-0.4, -0.2) is 33.9 Å². The fourth-order valence-corrected chi connectivity index (χ4v) is 3.59. The van der Waals surface area contributed by atoms with E-state index in [9.17, 15) is 14.7 Å². The Morgan fingerprint density at radius 3 is 2.77 bits per heavy atom. The number of thiophene rings is 1. The van der Waals surface area contributed by atoms with E-state index in [0.29, 0.717) is 24.0 Å². The molecule has 0 aliphatic carbocycles. The van der Waals surface area contributed by atoms with Gasteiger partial charge in [-0.25, -0.2) is 4.68 Å². The quantitative estimate of drug-likeness (QED) is 0.663. The van der Waals surface area contributed by atoms with E-state index in [2.05, 4.69) is 10.4 Å². The molecule has 0 fully saturated rings. The summed E-state index contributed by atoms with van der Waals surface area (Å²) in [6.07, 6.45) is 0.702. The Labute approximate surface area is 155 Å². The molecule has 0 saturated heterocycles. The molecular weight excluding hydrogens is 350 g/mol. The number of aryl methyl sites for hydroxylation is 1. The molecular formula is C19H21N3O3S. The molecule has 0 aliphatic rings. The zero-order valence-electron chi connectivity index (χ0n) is 14.5. The largest absolute Gasteiger partial charge is 0.396 e. The molecule has 0 radical (unpaired) electrons. The zero-order valence-corrected chi connectivity index (χ0v) is 15.3. The molecule has 0 saturated carbocycles. The second-order valence-corrected chi connectivity index (χ2v) is 7.06. The van der Waals surface area contributed by atoms with Crippen LogP contribution >= 0.6 is 11.3 Å². The number of nitrogens with one attached hydrogen (secondary N) is 1. The Hall–Kier alpha value is -2.51. The summed E-state index contributed by atoms with van der Waals surface area (Å²) in [6.45, 7) is 2.02. The summed E-state index contributed by atoms with van der Waals surface area (Å²) in [6, 6.07) is 9.25. The van der Waals surface area contributed by atoms with Gasteiger partial charge in [0.05, 0.1) is 11.1 Å². The third-order valence-corrected chi connectivity index (χ3v) is 5.03. The number of nitrogens with zero attached hydrogens (tertiary/aromatic N) is 2. The Bertz CT molecular complexity index is 950. The first kappa shape index (κ1) is 18.3. The fourth-order valence-electron chi connectivity index (χ4n) is 2.91. The number of carbonyl (C=O) groups excluding carboxylic acids is 1. The van der Waals surface area contributed by atoms with Crippen LogP contribution in [0.3, 0.4) is 0 Å². The van der Waals surface area contributed by atoms with E-state index in [4.69, 9.17) is 0 Å². The monoisotopic (exact) mass is 371 g/mol. The molecule has 1 atom stereocenters. The highest BCUT2D eigenvalue weighted by Gasteiger charge is 2.13. The van der Waals surface area contributed by atoms with E-state index in [1.54, 1.807) is 23.5 Å². The second kappa shape index (κ2) is 8.25. The minimum absolute atomic E-state index is 0.0105. The molecule has 7 heteroatoms. The standard InChI is InChI=1S/C19H21N3O3S/c1-13-16-4-2-3-5-17(16)19(25)22(21-13)10-18(24)20-9-15(11-23)8-14-6-7-26-12-14/h2-7,12,15,23H,8-11H2,1H3,(H,20,24)/t15-/m1/s1. The number of aliphatic hydroxyl groups excluding tert-OH is 1. The highest BCUT2D eigenvalue weighted by atomic mass is 32.1. The normalized spacial score (nSPS) is 12.2. The van der Waals surface area contributed by atoms with E-state index in [0.717, 1.165) is 10.9 Å². The molecule has 26 heavy (non-hydrogen) atoms. The summed E-state index contributed by atoms with van der Waals surface area (Å²) >= 11 is 1.61. The number of amides is 1. The molecule has 2 heterocycles. The van der Waals surface area contributed by atoms with Crippen molar-refractivity contribution < 1.29 is 9.90 Å². The minimum atomic E-state index is -0.293. The Balaban J connectivity index is 1.65. The topological polar surface area (TPSA) is 84.2 Å². The highest BCUT2D eigenvalue weighted by molar-refractivity contribution is 7.07. The number of aliphatic hydroxyl groups is 1. The Morgan fingerprint density at radius 2 is 2.08 bits per heavy atom. The lowest BCUT2D eigenvalue weighted by atomic mass is 10.0. The predicted octanol–water partition coefficient (Wildman–Crippen LogP) is 1.73. The van der Waals surface area contributed by atoms with Gasteiger partial charge in [0.15, 0.2) is 0 Å². The van der Waals surface area contributed by atoms with Crippen LogP contribution in [0.2, 0.25) is 0 Å². The molecule has 0 spiro atoms. The first-order valence-electron chi connectivity index (χ1n) is 8.43. The lowest BCUT2D eigenvalue weighted by molar-refractivity contribution is -0.122. The molecule has 3 rings (SSSR count). The summed E-state index contributed by atoms with van der Waals surface area (Å²) in [5.74, 6) is -0.352. The Kier molecular flexibility index (Phi) is 5.80. The van der Waals surface area contributed by atoms with Gasteiger partial charge in [-0.2, -0.15) is 16.4 Å². The molecule has 1 amide bonds. The minimum Gasteiger partial charge on any atom is -0.396 e. The van der Waals surface area contributed by atoms with Crippen LogP contribution in [0.1, 0.15) is 11.3 Å². The smallest absolute Gasteiger partial charge is 0.275 e. The first-order valence-corrected chi connectivity index (χ1v) is 9.38. The summed E-state index contributed by atoms with van der Waals surface area (Å²) in [5, 5.41) is 21.9. The van der Waals surface area contributed by atoms with Crippen molar-refractivity contribution in [1.29, 1.82) is 0 Å². The maximum atomic E-state index is 12.5. The second-order valence-electron chi connectivity index (χ2n) is 6.28. The van der Waals surface area contributed by atoms with Crippen molar-refractivity contribution in [2.45, 2.75) is 19.9 Å². The fraction of sp³-hybridized carbons (Fsp3) is 0.316. The van der Waals surface area contributed by atoms with Gasteiger partial charge in [0.25, 0.3) is 5.56 Å². The van der Waals surface area contributed by atoms with Crippen molar-refractivity contribution in [2.75, 3.05) is 13.2 Å². The molecule has 2 aromatic heterocycles. The Morgan fingerprint density at radius 1 is 1.31 bits per heavy atom. The van der Waals surface area contributed by atoms with Gasteiger partial charge in [-0.1, -0.05) is 18.2 Å². The number of rotatable bonds is 7. The van der Waals surface area contributed by atoms with Crippen LogP contribution in [0.5, 0.6) is 0 Å². The van der Waals surface area contributed by atoms with Crippen molar-refractivity contribution in [1.82, 2.24) is 15.1 Å². The van der Waals surface area contributed by atoms with E-state index in [-0.39, 0.29) is 30.5 Å². The predicted molar refractivity (Wildman–Crippen MR) is 102 cm³/mol. The van der Waals surface area contributed by atoms with Gasteiger partial charge >= 0.3 is 0 Å². The average molecular weight is 371 g/mol.